The first kappa shape index (κ1) is 12.0. The highest BCUT2D eigenvalue weighted by atomic mass is 32.1. The summed E-state index contributed by atoms with van der Waals surface area (Å²) in [5.74, 6) is -0.0709. The Labute approximate surface area is 103 Å². The molecule has 17 heavy (non-hydrogen) atoms. The van der Waals surface area contributed by atoms with Gasteiger partial charge >= 0.3 is 0 Å². The summed E-state index contributed by atoms with van der Waals surface area (Å²) in [5.41, 5.74) is 1.03. The predicted octanol–water partition coefficient (Wildman–Crippen LogP) is 2.68. The van der Waals surface area contributed by atoms with Crippen LogP contribution < -0.4 is 4.74 Å². The molecule has 1 N–H and O–H groups in total. The van der Waals surface area contributed by atoms with Crippen molar-refractivity contribution in [1.29, 1.82) is 0 Å². The van der Waals surface area contributed by atoms with Crippen LogP contribution in [0, 0.1) is 12.7 Å². The Hall–Kier alpha value is -1.46. The molecule has 1 aromatic heterocycles. The van der Waals surface area contributed by atoms with E-state index >= 15 is 0 Å². The minimum Gasteiger partial charge on any atom is -0.497 e. The maximum atomic E-state index is 13.7. The van der Waals surface area contributed by atoms with E-state index in [4.69, 9.17) is 4.74 Å². The standard InChI is InChI=1S/C12H12FNO2S/c1-7-6-17-12(14-7)11(15)9-4-3-8(16-2)5-10(9)13/h3-6,11,15H,1-2H3. The number of hydrogen-bond acceptors (Lipinski definition) is 4. The molecule has 0 saturated carbocycles. The molecular formula is C12H12FNO2S. The molecular weight excluding hydrogens is 241 g/mol. The molecule has 0 aliphatic heterocycles. The van der Waals surface area contributed by atoms with Crippen LogP contribution in [0.5, 0.6) is 5.75 Å². The van der Waals surface area contributed by atoms with Gasteiger partial charge in [0.05, 0.1) is 7.11 Å². The van der Waals surface area contributed by atoms with E-state index in [1.807, 2.05) is 12.3 Å². The molecule has 5 heteroatoms. The van der Waals surface area contributed by atoms with Gasteiger partial charge in [-0.2, -0.15) is 0 Å². The molecule has 2 aromatic rings. The summed E-state index contributed by atoms with van der Waals surface area (Å²) in [7, 11) is 1.47. The third-order valence-electron chi connectivity index (χ3n) is 2.37. The first-order valence-corrected chi connectivity index (χ1v) is 5.93. The van der Waals surface area contributed by atoms with Crippen molar-refractivity contribution in [2.45, 2.75) is 13.0 Å². The van der Waals surface area contributed by atoms with Crippen molar-refractivity contribution in [3.8, 4) is 5.75 Å². The maximum absolute atomic E-state index is 13.7. The number of nitrogens with zero attached hydrogens (tertiary/aromatic N) is 1. The summed E-state index contributed by atoms with van der Waals surface area (Å²) in [6.45, 7) is 1.83. The van der Waals surface area contributed by atoms with Crippen LogP contribution in [0.1, 0.15) is 22.4 Å². The van der Waals surface area contributed by atoms with E-state index in [1.165, 1.54) is 30.6 Å². The maximum Gasteiger partial charge on any atom is 0.133 e. The van der Waals surface area contributed by atoms with Gasteiger partial charge in [0.1, 0.15) is 22.7 Å². The first-order chi connectivity index (χ1) is 8.11. The van der Waals surface area contributed by atoms with Crippen molar-refractivity contribution in [1.82, 2.24) is 4.98 Å². The van der Waals surface area contributed by atoms with Crippen molar-refractivity contribution in [3.63, 3.8) is 0 Å². The smallest absolute Gasteiger partial charge is 0.133 e. The van der Waals surface area contributed by atoms with Crippen LogP contribution in [-0.2, 0) is 0 Å². The Morgan fingerprint density at radius 1 is 1.47 bits per heavy atom. The number of aliphatic hydroxyl groups is 1. The average molecular weight is 253 g/mol. The van der Waals surface area contributed by atoms with Gasteiger partial charge in [-0.25, -0.2) is 9.37 Å². The number of methoxy groups -OCH3 is 1. The van der Waals surface area contributed by atoms with Crippen LogP contribution in [0.25, 0.3) is 0 Å². The zero-order valence-electron chi connectivity index (χ0n) is 9.48. The van der Waals surface area contributed by atoms with Crippen molar-refractivity contribution in [3.05, 3.63) is 45.7 Å². The number of thiazole rings is 1. The monoisotopic (exact) mass is 253 g/mol. The van der Waals surface area contributed by atoms with Crippen molar-refractivity contribution >= 4 is 11.3 Å². The highest BCUT2D eigenvalue weighted by Crippen LogP contribution is 2.28. The highest BCUT2D eigenvalue weighted by Gasteiger charge is 2.18. The number of aromatic nitrogens is 1. The van der Waals surface area contributed by atoms with Gasteiger partial charge in [0.25, 0.3) is 0 Å². The lowest BCUT2D eigenvalue weighted by Crippen LogP contribution is -2.02. The van der Waals surface area contributed by atoms with E-state index in [1.54, 1.807) is 6.07 Å². The zero-order valence-corrected chi connectivity index (χ0v) is 10.3. The normalized spacial score (nSPS) is 12.5. The number of aliphatic hydroxyl groups excluding tert-OH is 1. The second-order valence-electron chi connectivity index (χ2n) is 3.62. The fraction of sp³-hybridized carbons (Fsp3) is 0.250. The second-order valence-corrected chi connectivity index (χ2v) is 4.51. The third-order valence-corrected chi connectivity index (χ3v) is 3.39. The van der Waals surface area contributed by atoms with Gasteiger partial charge in [0, 0.05) is 22.7 Å². The molecule has 0 spiro atoms. The number of halogens is 1. The van der Waals surface area contributed by atoms with Crippen molar-refractivity contribution < 1.29 is 14.2 Å². The van der Waals surface area contributed by atoms with E-state index in [9.17, 15) is 9.50 Å². The molecule has 0 amide bonds. The lowest BCUT2D eigenvalue weighted by Gasteiger charge is -2.10. The van der Waals surface area contributed by atoms with E-state index in [0.29, 0.717) is 10.8 Å². The van der Waals surface area contributed by atoms with Crippen LogP contribution in [0.2, 0.25) is 0 Å². The van der Waals surface area contributed by atoms with E-state index < -0.39 is 11.9 Å². The average Bonchev–Trinajstić information content (AvgIpc) is 2.75. The summed E-state index contributed by atoms with van der Waals surface area (Å²) < 4.78 is 18.6. The quantitative estimate of drug-likeness (QED) is 0.914. The SMILES string of the molecule is COc1ccc(C(O)c2nc(C)cs2)c(F)c1. The molecule has 0 aliphatic carbocycles. The number of ether oxygens (including phenoxy) is 1. The van der Waals surface area contributed by atoms with E-state index in [2.05, 4.69) is 4.98 Å². The van der Waals surface area contributed by atoms with Gasteiger partial charge in [0.2, 0.25) is 0 Å². The summed E-state index contributed by atoms with van der Waals surface area (Å²) in [6, 6.07) is 4.37. The van der Waals surface area contributed by atoms with E-state index in [0.717, 1.165) is 5.69 Å². The van der Waals surface area contributed by atoms with Crippen LogP contribution in [0.4, 0.5) is 4.39 Å². The molecule has 0 fully saturated rings. The van der Waals surface area contributed by atoms with E-state index in [-0.39, 0.29) is 5.56 Å². The second kappa shape index (κ2) is 4.81. The van der Waals surface area contributed by atoms with Gasteiger partial charge in [-0.1, -0.05) is 0 Å². The van der Waals surface area contributed by atoms with Gasteiger partial charge in [0.15, 0.2) is 0 Å². The largest absolute Gasteiger partial charge is 0.497 e. The molecule has 1 unspecified atom stereocenters. The van der Waals surface area contributed by atoms with Gasteiger partial charge < -0.3 is 9.84 Å². The lowest BCUT2D eigenvalue weighted by molar-refractivity contribution is 0.214. The van der Waals surface area contributed by atoms with Crippen molar-refractivity contribution in [2.24, 2.45) is 0 Å². The minimum atomic E-state index is -1.03. The third kappa shape index (κ3) is 2.45. The Morgan fingerprint density at radius 2 is 2.24 bits per heavy atom. The minimum absolute atomic E-state index is 0.208. The van der Waals surface area contributed by atoms with Crippen LogP contribution in [0.15, 0.2) is 23.6 Å². The zero-order chi connectivity index (χ0) is 12.4. The Bertz CT molecular complexity index is 527. The number of benzene rings is 1. The Kier molecular flexibility index (Phi) is 3.40. The molecule has 0 bridgehead atoms. The fourth-order valence-corrected chi connectivity index (χ4v) is 2.28. The molecule has 0 aliphatic rings. The lowest BCUT2D eigenvalue weighted by atomic mass is 10.1. The van der Waals surface area contributed by atoms with Crippen molar-refractivity contribution in [2.75, 3.05) is 7.11 Å². The van der Waals surface area contributed by atoms with Crippen LogP contribution in [-0.4, -0.2) is 17.2 Å². The fourth-order valence-electron chi connectivity index (χ4n) is 1.49. The summed E-state index contributed by atoms with van der Waals surface area (Å²) in [6.07, 6.45) is -1.03. The molecule has 1 heterocycles. The topological polar surface area (TPSA) is 42.4 Å². The summed E-state index contributed by atoms with van der Waals surface area (Å²) >= 11 is 1.31. The molecule has 2 rings (SSSR count). The molecule has 0 radical (unpaired) electrons. The molecule has 90 valence electrons. The first-order valence-electron chi connectivity index (χ1n) is 5.05. The number of rotatable bonds is 3. The van der Waals surface area contributed by atoms with Crippen LogP contribution in [0.3, 0.4) is 0 Å². The molecule has 1 atom stereocenters. The highest BCUT2D eigenvalue weighted by molar-refractivity contribution is 7.09. The molecule has 1 aromatic carbocycles. The molecule has 0 saturated heterocycles. The van der Waals surface area contributed by atoms with Gasteiger partial charge in [-0.05, 0) is 19.1 Å². The predicted molar refractivity (Wildman–Crippen MR) is 63.9 cm³/mol. The van der Waals surface area contributed by atoms with Crippen LogP contribution >= 0.6 is 11.3 Å². The summed E-state index contributed by atoms with van der Waals surface area (Å²) in [5, 5.41) is 12.3. The molecule has 3 nitrogen and oxygen atoms in total. The number of hydrogen-bond donors (Lipinski definition) is 1. The Balaban J connectivity index is 2.34. The van der Waals surface area contributed by atoms with Gasteiger partial charge in [-0.3, -0.25) is 0 Å². The summed E-state index contributed by atoms with van der Waals surface area (Å²) in [4.78, 5) is 4.14. The Morgan fingerprint density at radius 3 is 2.76 bits per heavy atom. The number of aryl methyl sites for hydroxylation is 1. The van der Waals surface area contributed by atoms with Gasteiger partial charge in [-0.15, -0.1) is 11.3 Å².